The van der Waals surface area contributed by atoms with Crippen LogP contribution in [0.3, 0.4) is 0 Å². The number of amides is 2. The molecule has 2 aromatic carbocycles. The average Bonchev–Trinajstić information content (AvgIpc) is 3.18. The number of carbonyl (C=O) groups is 2. The smallest absolute Gasteiger partial charge is 0.265 e. The van der Waals surface area contributed by atoms with Gasteiger partial charge in [-0.2, -0.15) is 0 Å². The van der Waals surface area contributed by atoms with Crippen molar-refractivity contribution in [2.45, 2.75) is 12.8 Å². The fraction of sp³-hybridized carbons (Fsp3) is 0.182. The molecule has 2 amide bonds. The van der Waals surface area contributed by atoms with E-state index in [1.807, 2.05) is 12.1 Å². The zero-order chi connectivity index (χ0) is 24.6. The third-order valence-electron chi connectivity index (χ3n) is 5.28. The average molecular weight is 590 g/mol. The normalized spacial score (nSPS) is 12.0. The first-order valence-electron chi connectivity index (χ1n) is 10.00. The maximum absolute atomic E-state index is 12.2. The van der Waals surface area contributed by atoms with Crippen LogP contribution in [0.1, 0.15) is 12.8 Å². The predicted molar refractivity (Wildman–Crippen MR) is 133 cm³/mol. The van der Waals surface area contributed by atoms with E-state index in [1.165, 1.54) is 9.13 Å². The summed E-state index contributed by atoms with van der Waals surface area (Å²) >= 11 is 6.74. The quantitative estimate of drug-likeness (QED) is 0.264. The van der Waals surface area contributed by atoms with E-state index in [0.717, 1.165) is 20.0 Å². The lowest BCUT2D eigenvalue weighted by Gasteiger charge is -1.96. The van der Waals surface area contributed by atoms with E-state index in [-0.39, 0.29) is 36.0 Å². The standard InChI is InChI=1S/C22H18Br2N6O4/c1-29-15-5-3-11(23)9-13(15)19(21(29)33)27-25-17(31)7-8-18(32)26-28-20-14-10-12(24)4-6-16(14)30(2)22(20)34/h3-6,9-10,33-34H,7-8H2,1-2H3. The molecule has 0 aliphatic heterocycles. The van der Waals surface area contributed by atoms with Gasteiger partial charge in [0.05, 0.1) is 11.0 Å². The van der Waals surface area contributed by atoms with Crippen molar-refractivity contribution in [3.8, 4) is 11.8 Å². The van der Waals surface area contributed by atoms with Crippen molar-refractivity contribution in [3.63, 3.8) is 0 Å². The fourth-order valence-electron chi connectivity index (χ4n) is 3.49. The molecule has 0 bridgehead atoms. The highest BCUT2D eigenvalue weighted by Crippen LogP contribution is 2.40. The molecule has 4 rings (SSSR count). The largest absolute Gasteiger partial charge is 0.493 e. The van der Waals surface area contributed by atoms with Gasteiger partial charge in [0.15, 0.2) is 11.4 Å². The van der Waals surface area contributed by atoms with Crippen LogP contribution in [0, 0.1) is 0 Å². The first-order chi connectivity index (χ1) is 16.2. The summed E-state index contributed by atoms with van der Waals surface area (Å²) in [6, 6.07) is 10.8. The van der Waals surface area contributed by atoms with Crippen molar-refractivity contribution < 1.29 is 19.8 Å². The number of hydrogen-bond donors (Lipinski definition) is 2. The molecule has 0 fully saturated rings. The van der Waals surface area contributed by atoms with E-state index >= 15 is 0 Å². The summed E-state index contributed by atoms with van der Waals surface area (Å²) in [5, 5.41) is 36.9. The van der Waals surface area contributed by atoms with E-state index in [2.05, 4.69) is 52.3 Å². The highest BCUT2D eigenvalue weighted by molar-refractivity contribution is 9.10. The molecule has 0 radical (unpaired) electrons. The first-order valence-corrected chi connectivity index (χ1v) is 11.6. The Morgan fingerprint density at radius 3 is 1.53 bits per heavy atom. The molecule has 12 heteroatoms. The Morgan fingerprint density at radius 1 is 0.765 bits per heavy atom. The van der Waals surface area contributed by atoms with Crippen molar-refractivity contribution >= 4 is 76.9 Å². The Kier molecular flexibility index (Phi) is 6.62. The molecular formula is C22H18Br2N6O4. The Balaban J connectivity index is 1.44. The number of rotatable bonds is 5. The zero-order valence-corrected chi connectivity index (χ0v) is 21.2. The predicted octanol–water partition coefficient (Wildman–Crippen LogP) is 6.31. The van der Waals surface area contributed by atoms with Gasteiger partial charge in [-0.05, 0) is 36.4 Å². The highest BCUT2D eigenvalue weighted by Gasteiger charge is 2.17. The van der Waals surface area contributed by atoms with Crippen LogP contribution in [0.25, 0.3) is 21.8 Å². The molecule has 0 atom stereocenters. The van der Waals surface area contributed by atoms with Crippen molar-refractivity contribution in [1.82, 2.24) is 9.13 Å². The molecule has 0 saturated carbocycles. The molecule has 4 aromatic rings. The van der Waals surface area contributed by atoms with Crippen LogP contribution in [-0.4, -0.2) is 31.2 Å². The van der Waals surface area contributed by atoms with Crippen LogP contribution in [-0.2, 0) is 23.7 Å². The van der Waals surface area contributed by atoms with E-state index in [1.54, 1.807) is 38.4 Å². The van der Waals surface area contributed by atoms with E-state index in [9.17, 15) is 19.8 Å². The van der Waals surface area contributed by atoms with Crippen LogP contribution < -0.4 is 0 Å². The molecule has 174 valence electrons. The maximum atomic E-state index is 12.2. The van der Waals surface area contributed by atoms with E-state index in [0.29, 0.717) is 10.8 Å². The van der Waals surface area contributed by atoms with Gasteiger partial charge in [0.2, 0.25) is 11.8 Å². The maximum Gasteiger partial charge on any atom is 0.265 e. The molecule has 10 nitrogen and oxygen atoms in total. The minimum absolute atomic E-state index is 0.129. The Bertz CT molecular complexity index is 1410. The van der Waals surface area contributed by atoms with Crippen LogP contribution >= 0.6 is 31.9 Å². The Morgan fingerprint density at radius 2 is 1.15 bits per heavy atom. The SMILES string of the molecule is Cn1c(O)c(N=NC(=O)CCC(=O)N=Nc2c(O)n(C)c3ccc(Br)cc23)c2cc(Br)ccc21. The number of azo groups is 2. The lowest BCUT2D eigenvalue weighted by molar-refractivity contribution is -0.123. The fourth-order valence-corrected chi connectivity index (χ4v) is 4.21. The molecule has 0 aliphatic carbocycles. The monoisotopic (exact) mass is 588 g/mol. The molecule has 2 N–H and O–H groups in total. The minimum Gasteiger partial charge on any atom is -0.493 e. The Labute approximate surface area is 209 Å². The minimum atomic E-state index is -0.646. The number of hydrogen-bond acceptors (Lipinski definition) is 6. The van der Waals surface area contributed by atoms with Gasteiger partial charge in [-0.15, -0.1) is 20.5 Å². The molecule has 34 heavy (non-hydrogen) atoms. The van der Waals surface area contributed by atoms with Gasteiger partial charge in [-0.3, -0.25) is 9.59 Å². The van der Waals surface area contributed by atoms with Crippen molar-refractivity contribution in [3.05, 3.63) is 45.3 Å². The third-order valence-corrected chi connectivity index (χ3v) is 6.27. The number of fused-ring (bicyclic) bond motifs is 2. The van der Waals surface area contributed by atoms with Gasteiger partial charge in [0.25, 0.3) is 11.8 Å². The van der Waals surface area contributed by atoms with Crippen molar-refractivity contribution in [2.75, 3.05) is 0 Å². The topological polar surface area (TPSA) is 134 Å². The van der Waals surface area contributed by atoms with Crippen LogP contribution in [0.5, 0.6) is 11.8 Å². The molecule has 0 saturated heterocycles. The molecule has 0 spiro atoms. The molecule has 0 aliphatic rings. The van der Waals surface area contributed by atoms with Gasteiger partial charge < -0.3 is 19.3 Å². The molecule has 2 heterocycles. The number of aromatic hydroxyl groups is 2. The van der Waals surface area contributed by atoms with Crippen molar-refractivity contribution in [2.24, 2.45) is 34.6 Å². The zero-order valence-electron chi connectivity index (χ0n) is 18.0. The van der Waals surface area contributed by atoms with Gasteiger partial charge in [0.1, 0.15) is 0 Å². The van der Waals surface area contributed by atoms with Crippen molar-refractivity contribution in [1.29, 1.82) is 0 Å². The van der Waals surface area contributed by atoms with Crippen LogP contribution in [0.4, 0.5) is 11.4 Å². The van der Waals surface area contributed by atoms with Gasteiger partial charge >= 0.3 is 0 Å². The summed E-state index contributed by atoms with van der Waals surface area (Å²) < 4.78 is 4.64. The molecule has 0 unspecified atom stereocenters. The van der Waals surface area contributed by atoms with E-state index in [4.69, 9.17) is 0 Å². The van der Waals surface area contributed by atoms with Gasteiger partial charge in [-0.1, -0.05) is 31.9 Å². The van der Waals surface area contributed by atoms with E-state index < -0.39 is 11.8 Å². The lowest BCUT2D eigenvalue weighted by Crippen LogP contribution is -1.98. The lowest BCUT2D eigenvalue weighted by atomic mass is 10.2. The summed E-state index contributed by atoms with van der Waals surface area (Å²) in [6.45, 7) is 0. The van der Waals surface area contributed by atoms with Gasteiger partial charge in [-0.25, -0.2) is 0 Å². The second-order valence-electron chi connectivity index (χ2n) is 7.47. The summed E-state index contributed by atoms with van der Waals surface area (Å²) in [6.07, 6.45) is -0.465. The summed E-state index contributed by atoms with van der Waals surface area (Å²) in [4.78, 5) is 24.3. The first kappa shape index (κ1) is 23.8. The van der Waals surface area contributed by atoms with Crippen LogP contribution in [0.15, 0.2) is 65.8 Å². The number of aryl methyl sites for hydroxylation is 2. The number of halogens is 2. The van der Waals surface area contributed by atoms with Gasteiger partial charge in [0, 0.05) is 46.7 Å². The highest BCUT2D eigenvalue weighted by atomic mass is 79.9. The summed E-state index contributed by atoms with van der Waals surface area (Å²) in [5.74, 6) is -1.55. The molecule has 2 aromatic heterocycles. The number of benzene rings is 2. The second-order valence-corrected chi connectivity index (χ2v) is 9.30. The van der Waals surface area contributed by atoms with Crippen LogP contribution in [0.2, 0.25) is 0 Å². The summed E-state index contributed by atoms with van der Waals surface area (Å²) in [5.41, 5.74) is 1.77. The molecular weight excluding hydrogens is 572 g/mol. The Hall–Kier alpha value is -3.38. The number of nitrogens with zero attached hydrogens (tertiary/aromatic N) is 6. The number of carbonyl (C=O) groups excluding carboxylic acids is 2. The third kappa shape index (κ3) is 4.50. The number of aromatic nitrogens is 2. The second kappa shape index (κ2) is 9.47. The summed E-state index contributed by atoms with van der Waals surface area (Å²) in [7, 11) is 3.34.